The van der Waals surface area contributed by atoms with E-state index in [1.807, 2.05) is 45.2 Å². The van der Waals surface area contributed by atoms with Crippen molar-refractivity contribution >= 4 is 50.9 Å². The third kappa shape index (κ3) is 2.55. The van der Waals surface area contributed by atoms with Crippen molar-refractivity contribution in [2.75, 3.05) is 0 Å². The van der Waals surface area contributed by atoms with E-state index in [0.717, 1.165) is 7.14 Å². The van der Waals surface area contributed by atoms with Crippen LogP contribution in [0.2, 0.25) is 0 Å². The fourth-order valence-electron chi connectivity index (χ4n) is 0.593. The first-order chi connectivity index (χ1) is 5.09. The van der Waals surface area contributed by atoms with Gasteiger partial charge in [0.1, 0.15) is 0 Å². The molecule has 5 heteroatoms. The minimum absolute atomic E-state index is 0.123. The molecule has 1 rings (SSSR count). The van der Waals surface area contributed by atoms with Gasteiger partial charge in [0.15, 0.2) is 0 Å². The number of hydrogen-bond donors (Lipinski definition) is 0. The van der Waals surface area contributed by atoms with E-state index in [9.17, 15) is 10.1 Å². The largest absolute Gasteiger partial charge is 0.271 e. The van der Waals surface area contributed by atoms with E-state index in [1.165, 1.54) is 12.1 Å². The zero-order chi connectivity index (χ0) is 8.43. The van der Waals surface area contributed by atoms with Crippen molar-refractivity contribution < 1.29 is 4.92 Å². The summed E-state index contributed by atoms with van der Waals surface area (Å²) in [6, 6.07) is 5.91. The van der Waals surface area contributed by atoms with Crippen molar-refractivity contribution in [3.8, 4) is 0 Å². The molecule has 0 fully saturated rings. The highest BCUT2D eigenvalue weighted by Gasteiger charge is 2.06. The van der Waals surface area contributed by atoms with Crippen LogP contribution in [-0.2, 0) is 0 Å². The molecule has 0 aliphatic rings. The molecule has 0 saturated carbocycles. The van der Waals surface area contributed by atoms with Crippen LogP contribution in [-0.4, -0.2) is 4.92 Å². The summed E-state index contributed by atoms with van der Waals surface area (Å²) < 4.78 is 1.53. The number of halogens is 2. The molecule has 0 aliphatic carbocycles. The average Bonchev–Trinajstić information content (AvgIpc) is 1.85. The zero-order valence-electron chi connectivity index (χ0n) is 5.17. The number of benzene rings is 1. The smallest absolute Gasteiger partial charge is 0.258 e. The van der Waals surface area contributed by atoms with E-state index in [-0.39, 0.29) is 5.69 Å². The first kappa shape index (κ1) is 9.17. The van der Waals surface area contributed by atoms with Gasteiger partial charge in [-0.3, -0.25) is 10.1 Å². The quantitative estimate of drug-likeness (QED) is 0.431. The molecule has 0 amide bonds. The SMILES string of the molecule is O=[N+]([O-])c1cc(I)[c]c(I)c1. The highest BCUT2D eigenvalue weighted by molar-refractivity contribution is 14.1. The Morgan fingerprint density at radius 2 is 1.82 bits per heavy atom. The molecule has 1 aromatic carbocycles. The van der Waals surface area contributed by atoms with Gasteiger partial charge in [0.25, 0.3) is 5.69 Å². The summed E-state index contributed by atoms with van der Waals surface area (Å²) in [5.41, 5.74) is 0.123. The number of nitro groups is 1. The summed E-state index contributed by atoms with van der Waals surface area (Å²) in [5.74, 6) is 0. The van der Waals surface area contributed by atoms with Gasteiger partial charge in [-0.1, -0.05) is 0 Å². The van der Waals surface area contributed by atoms with E-state index in [1.54, 1.807) is 0 Å². The van der Waals surface area contributed by atoms with Gasteiger partial charge >= 0.3 is 0 Å². The third-order valence-corrected chi connectivity index (χ3v) is 2.16. The van der Waals surface area contributed by atoms with Crippen LogP contribution < -0.4 is 0 Å². The Morgan fingerprint density at radius 1 is 1.36 bits per heavy atom. The third-order valence-electron chi connectivity index (χ3n) is 0.999. The van der Waals surface area contributed by atoms with Gasteiger partial charge in [-0.05, 0) is 45.2 Å². The van der Waals surface area contributed by atoms with Crippen LogP contribution in [0.15, 0.2) is 12.1 Å². The molecule has 0 unspecified atom stereocenters. The summed E-state index contributed by atoms with van der Waals surface area (Å²) in [6.07, 6.45) is 0. The van der Waals surface area contributed by atoms with Gasteiger partial charge in [0, 0.05) is 25.3 Å². The Kier molecular flexibility index (Phi) is 3.05. The van der Waals surface area contributed by atoms with E-state index in [0.29, 0.717) is 0 Å². The number of hydrogen-bond acceptors (Lipinski definition) is 2. The maximum absolute atomic E-state index is 10.3. The lowest BCUT2D eigenvalue weighted by molar-refractivity contribution is -0.385. The van der Waals surface area contributed by atoms with Gasteiger partial charge in [0.2, 0.25) is 0 Å². The summed E-state index contributed by atoms with van der Waals surface area (Å²) >= 11 is 4.00. The molecule has 0 aliphatic heterocycles. The lowest BCUT2D eigenvalue weighted by atomic mass is 10.3. The van der Waals surface area contributed by atoms with Gasteiger partial charge < -0.3 is 0 Å². The second-order valence-electron chi connectivity index (χ2n) is 1.79. The molecule has 0 heterocycles. The van der Waals surface area contributed by atoms with Crippen molar-refractivity contribution in [2.24, 2.45) is 0 Å². The molecule has 0 N–H and O–H groups in total. The van der Waals surface area contributed by atoms with E-state index in [2.05, 4.69) is 6.07 Å². The monoisotopic (exact) mass is 374 g/mol. The molecule has 3 nitrogen and oxygen atoms in total. The number of nitro benzene ring substituents is 1. The van der Waals surface area contributed by atoms with Crippen molar-refractivity contribution in [3.63, 3.8) is 0 Å². The van der Waals surface area contributed by atoms with Crippen molar-refractivity contribution in [2.45, 2.75) is 0 Å². The standard InChI is InChI=1S/C6H2I2NO2/c7-4-1-5(8)3-6(2-4)9(10)11/h2-3H. The van der Waals surface area contributed by atoms with Gasteiger partial charge in [-0.2, -0.15) is 0 Å². The van der Waals surface area contributed by atoms with Crippen LogP contribution in [0.5, 0.6) is 0 Å². The Morgan fingerprint density at radius 3 is 2.18 bits per heavy atom. The predicted octanol–water partition coefficient (Wildman–Crippen LogP) is 2.60. The second kappa shape index (κ2) is 3.65. The van der Waals surface area contributed by atoms with Gasteiger partial charge in [0.05, 0.1) is 4.92 Å². The predicted molar refractivity (Wildman–Crippen MR) is 57.4 cm³/mol. The minimum atomic E-state index is -0.405. The van der Waals surface area contributed by atoms with Gasteiger partial charge in [-0.15, -0.1) is 0 Å². The van der Waals surface area contributed by atoms with Crippen LogP contribution in [0.4, 0.5) is 5.69 Å². The summed E-state index contributed by atoms with van der Waals surface area (Å²) in [5, 5.41) is 10.3. The molecular formula is C6H2I2NO2. The molecule has 1 radical (unpaired) electrons. The first-order valence-electron chi connectivity index (χ1n) is 2.62. The van der Waals surface area contributed by atoms with Gasteiger partial charge in [-0.25, -0.2) is 0 Å². The summed E-state index contributed by atoms with van der Waals surface area (Å²) in [4.78, 5) is 9.89. The fourth-order valence-corrected chi connectivity index (χ4v) is 2.33. The normalized spacial score (nSPS) is 9.64. The molecule has 11 heavy (non-hydrogen) atoms. The van der Waals surface area contributed by atoms with Crippen LogP contribution in [0.1, 0.15) is 0 Å². The second-order valence-corrected chi connectivity index (χ2v) is 4.12. The maximum atomic E-state index is 10.3. The van der Waals surface area contributed by atoms with E-state index < -0.39 is 4.92 Å². The lowest BCUT2D eigenvalue weighted by Crippen LogP contribution is -1.89. The molecule has 57 valence electrons. The molecular weight excluding hydrogens is 372 g/mol. The number of nitrogens with zero attached hydrogens (tertiary/aromatic N) is 1. The van der Waals surface area contributed by atoms with Crippen LogP contribution in [0.25, 0.3) is 0 Å². The van der Waals surface area contributed by atoms with Crippen molar-refractivity contribution in [1.29, 1.82) is 0 Å². The molecule has 0 aromatic heterocycles. The maximum Gasteiger partial charge on any atom is 0.271 e. The molecule has 0 bridgehead atoms. The van der Waals surface area contributed by atoms with Crippen LogP contribution >= 0.6 is 45.2 Å². The molecule has 0 atom stereocenters. The van der Waals surface area contributed by atoms with Crippen LogP contribution in [0, 0.1) is 23.3 Å². The Bertz CT molecular complexity index is 280. The average molecular weight is 374 g/mol. The van der Waals surface area contributed by atoms with E-state index in [4.69, 9.17) is 0 Å². The number of non-ortho nitro benzene ring substituents is 1. The topological polar surface area (TPSA) is 43.1 Å². The molecule has 1 aromatic rings. The zero-order valence-corrected chi connectivity index (χ0v) is 9.49. The molecule has 0 spiro atoms. The lowest BCUT2D eigenvalue weighted by Gasteiger charge is -1.92. The van der Waals surface area contributed by atoms with Crippen molar-refractivity contribution in [1.82, 2.24) is 0 Å². The Labute approximate surface area is 90.6 Å². The highest BCUT2D eigenvalue weighted by atomic mass is 127. The molecule has 0 saturated heterocycles. The minimum Gasteiger partial charge on any atom is -0.258 e. The summed E-state index contributed by atoms with van der Waals surface area (Å²) in [6.45, 7) is 0. The first-order valence-corrected chi connectivity index (χ1v) is 4.78. The summed E-state index contributed by atoms with van der Waals surface area (Å²) in [7, 11) is 0. The van der Waals surface area contributed by atoms with Crippen LogP contribution in [0.3, 0.4) is 0 Å². The number of rotatable bonds is 1. The van der Waals surface area contributed by atoms with E-state index >= 15 is 0 Å². The Balaban J connectivity index is 3.19. The highest BCUT2D eigenvalue weighted by Crippen LogP contribution is 2.18. The fraction of sp³-hybridized carbons (Fsp3) is 0. The van der Waals surface area contributed by atoms with Crippen molar-refractivity contribution in [3.05, 3.63) is 35.5 Å². The Hall–Kier alpha value is 0.0800.